The SMILES string of the molecule is CCc1ccc2c(ccn2CC(=O)NC2CCCCC2)c1. The predicted octanol–water partition coefficient (Wildman–Crippen LogP) is 3.65. The van der Waals surface area contributed by atoms with Crippen molar-refractivity contribution in [3.8, 4) is 0 Å². The minimum absolute atomic E-state index is 0.138. The van der Waals surface area contributed by atoms with Crippen molar-refractivity contribution in [3.05, 3.63) is 36.0 Å². The third-order valence-electron chi connectivity index (χ3n) is 4.53. The predicted molar refractivity (Wildman–Crippen MR) is 86.3 cm³/mol. The largest absolute Gasteiger partial charge is 0.352 e. The van der Waals surface area contributed by atoms with Crippen LogP contribution in [0.4, 0.5) is 0 Å². The highest BCUT2D eigenvalue weighted by Crippen LogP contribution is 2.19. The minimum Gasteiger partial charge on any atom is -0.352 e. The molecule has 21 heavy (non-hydrogen) atoms. The van der Waals surface area contributed by atoms with Gasteiger partial charge in [0.2, 0.25) is 5.91 Å². The summed E-state index contributed by atoms with van der Waals surface area (Å²) in [5.74, 6) is 0.138. The van der Waals surface area contributed by atoms with E-state index in [0.717, 1.165) is 24.8 Å². The Hall–Kier alpha value is -1.77. The van der Waals surface area contributed by atoms with Gasteiger partial charge < -0.3 is 9.88 Å². The van der Waals surface area contributed by atoms with Crippen LogP contribution in [0.5, 0.6) is 0 Å². The van der Waals surface area contributed by atoms with E-state index in [2.05, 4.69) is 36.5 Å². The van der Waals surface area contributed by atoms with Crippen LogP contribution in [0.3, 0.4) is 0 Å². The zero-order valence-corrected chi connectivity index (χ0v) is 12.8. The Morgan fingerprint density at radius 3 is 2.81 bits per heavy atom. The van der Waals surface area contributed by atoms with E-state index in [0.29, 0.717) is 12.6 Å². The molecule has 1 aromatic carbocycles. The van der Waals surface area contributed by atoms with Crippen molar-refractivity contribution >= 4 is 16.8 Å². The standard InChI is InChI=1S/C18H24N2O/c1-2-14-8-9-17-15(12-14)10-11-20(17)13-18(21)19-16-6-4-3-5-7-16/h8-12,16H,2-7,13H2,1H3,(H,19,21). The van der Waals surface area contributed by atoms with Crippen LogP contribution in [-0.2, 0) is 17.8 Å². The number of hydrogen-bond donors (Lipinski definition) is 1. The summed E-state index contributed by atoms with van der Waals surface area (Å²) in [5.41, 5.74) is 2.48. The summed E-state index contributed by atoms with van der Waals surface area (Å²) in [7, 11) is 0. The van der Waals surface area contributed by atoms with Crippen molar-refractivity contribution in [2.24, 2.45) is 0 Å². The van der Waals surface area contributed by atoms with E-state index in [-0.39, 0.29) is 5.91 Å². The number of aryl methyl sites for hydroxylation is 1. The van der Waals surface area contributed by atoms with Crippen LogP contribution in [0.25, 0.3) is 10.9 Å². The molecule has 1 aromatic heterocycles. The lowest BCUT2D eigenvalue weighted by Crippen LogP contribution is -2.38. The molecule has 1 amide bonds. The molecule has 112 valence electrons. The fourth-order valence-corrected chi connectivity index (χ4v) is 3.28. The maximum Gasteiger partial charge on any atom is 0.240 e. The summed E-state index contributed by atoms with van der Waals surface area (Å²) < 4.78 is 2.05. The van der Waals surface area contributed by atoms with Gasteiger partial charge in [-0.25, -0.2) is 0 Å². The molecule has 1 aliphatic rings. The molecular formula is C18H24N2O. The maximum absolute atomic E-state index is 12.2. The maximum atomic E-state index is 12.2. The normalized spacial score (nSPS) is 16.2. The zero-order chi connectivity index (χ0) is 14.7. The van der Waals surface area contributed by atoms with Crippen molar-refractivity contribution < 1.29 is 4.79 Å². The fourth-order valence-electron chi connectivity index (χ4n) is 3.28. The Bertz CT molecular complexity index is 623. The molecule has 3 nitrogen and oxygen atoms in total. The summed E-state index contributed by atoms with van der Waals surface area (Å²) in [6.45, 7) is 2.58. The van der Waals surface area contributed by atoms with E-state index >= 15 is 0 Å². The van der Waals surface area contributed by atoms with E-state index in [1.54, 1.807) is 0 Å². The molecule has 3 rings (SSSR count). The monoisotopic (exact) mass is 284 g/mol. The number of nitrogens with one attached hydrogen (secondary N) is 1. The highest BCUT2D eigenvalue weighted by Gasteiger charge is 2.16. The first-order chi connectivity index (χ1) is 10.3. The molecule has 0 unspecified atom stereocenters. The molecule has 0 aliphatic heterocycles. The zero-order valence-electron chi connectivity index (χ0n) is 12.8. The molecule has 0 spiro atoms. The summed E-state index contributed by atoms with van der Waals surface area (Å²) in [4.78, 5) is 12.2. The van der Waals surface area contributed by atoms with Gasteiger partial charge in [-0.15, -0.1) is 0 Å². The van der Waals surface area contributed by atoms with Crippen molar-refractivity contribution in [2.45, 2.75) is 58.0 Å². The summed E-state index contributed by atoms with van der Waals surface area (Å²) in [5, 5.41) is 4.41. The van der Waals surface area contributed by atoms with E-state index in [1.165, 1.54) is 30.2 Å². The summed E-state index contributed by atoms with van der Waals surface area (Å²) >= 11 is 0. The number of amides is 1. The summed E-state index contributed by atoms with van der Waals surface area (Å²) in [6, 6.07) is 8.98. The van der Waals surface area contributed by atoms with E-state index in [4.69, 9.17) is 0 Å². The van der Waals surface area contributed by atoms with Crippen LogP contribution in [0, 0.1) is 0 Å². The van der Waals surface area contributed by atoms with Gasteiger partial charge in [-0.3, -0.25) is 4.79 Å². The Morgan fingerprint density at radius 1 is 1.24 bits per heavy atom. The van der Waals surface area contributed by atoms with Crippen molar-refractivity contribution in [3.63, 3.8) is 0 Å². The first-order valence-electron chi connectivity index (χ1n) is 8.13. The van der Waals surface area contributed by atoms with Crippen molar-refractivity contribution in [2.75, 3.05) is 0 Å². The second-order valence-electron chi connectivity index (χ2n) is 6.09. The van der Waals surface area contributed by atoms with Crippen LogP contribution in [0.2, 0.25) is 0 Å². The van der Waals surface area contributed by atoms with Crippen molar-refractivity contribution in [1.29, 1.82) is 0 Å². The number of hydrogen-bond acceptors (Lipinski definition) is 1. The number of rotatable bonds is 4. The topological polar surface area (TPSA) is 34.0 Å². The molecule has 0 bridgehead atoms. The second-order valence-corrected chi connectivity index (χ2v) is 6.09. The lowest BCUT2D eigenvalue weighted by molar-refractivity contribution is -0.122. The van der Waals surface area contributed by atoms with Gasteiger partial charge in [-0.1, -0.05) is 32.3 Å². The van der Waals surface area contributed by atoms with Gasteiger partial charge in [0.25, 0.3) is 0 Å². The van der Waals surface area contributed by atoms with E-state index < -0.39 is 0 Å². The third-order valence-corrected chi connectivity index (χ3v) is 4.53. The average Bonchev–Trinajstić information content (AvgIpc) is 2.90. The van der Waals surface area contributed by atoms with Crippen LogP contribution in [-0.4, -0.2) is 16.5 Å². The van der Waals surface area contributed by atoms with Crippen LogP contribution in [0.1, 0.15) is 44.6 Å². The van der Waals surface area contributed by atoms with Gasteiger partial charge >= 0.3 is 0 Å². The Balaban J connectivity index is 1.68. The molecule has 0 radical (unpaired) electrons. The van der Waals surface area contributed by atoms with Crippen LogP contribution in [0.15, 0.2) is 30.5 Å². The minimum atomic E-state index is 0.138. The number of carbonyl (C=O) groups excluding carboxylic acids is 1. The first kappa shape index (κ1) is 14.2. The molecule has 1 N–H and O–H groups in total. The van der Waals surface area contributed by atoms with Gasteiger partial charge in [-0.05, 0) is 48.4 Å². The smallest absolute Gasteiger partial charge is 0.240 e. The molecule has 1 heterocycles. The molecule has 3 heteroatoms. The number of carbonyl (C=O) groups is 1. The Kier molecular flexibility index (Phi) is 4.28. The van der Waals surface area contributed by atoms with E-state index in [1.807, 2.05) is 10.8 Å². The molecule has 1 fully saturated rings. The van der Waals surface area contributed by atoms with Crippen molar-refractivity contribution in [1.82, 2.24) is 9.88 Å². The quantitative estimate of drug-likeness (QED) is 0.913. The molecule has 1 aliphatic carbocycles. The van der Waals surface area contributed by atoms with Crippen LogP contribution >= 0.6 is 0 Å². The number of nitrogens with zero attached hydrogens (tertiary/aromatic N) is 1. The number of fused-ring (bicyclic) bond motifs is 1. The second kappa shape index (κ2) is 6.33. The van der Waals surface area contributed by atoms with E-state index in [9.17, 15) is 4.79 Å². The molecule has 2 aromatic rings. The number of aromatic nitrogens is 1. The third kappa shape index (κ3) is 3.29. The Labute approximate surface area is 126 Å². The first-order valence-corrected chi connectivity index (χ1v) is 8.13. The number of benzene rings is 1. The highest BCUT2D eigenvalue weighted by atomic mass is 16.2. The average molecular weight is 284 g/mol. The lowest BCUT2D eigenvalue weighted by Gasteiger charge is -2.22. The highest BCUT2D eigenvalue weighted by molar-refractivity contribution is 5.84. The molecule has 0 saturated heterocycles. The lowest BCUT2D eigenvalue weighted by atomic mass is 9.95. The Morgan fingerprint density at radius 2 is 2.05 bits per heavy atom. The molecular weight excluding hydrogens is 260 g/mol. The fraction of sp³-hybridized carbons (Fsp3) is 0.500. The molecule has 1 saturated carbocycles. The van der Waals surface area contributed by atoms with Gasteiger partial charge in [0, 0.05) is 17.8 Å². The molecule has 0 atom stereocenters. The van der Waals surface area contributed by atoms with Gasteiger partial charge in [0.05, 0.1) is 0 Å². The summed E-state index contributed by atoms with van der Waals surface area (Å²) in [6.07, 6.45) is 9.15. The van der Waals surface area contributed by atoms with Gasteiger partial charge in [0.15, 0.2) is 0 Å². The van der Waals surface area contributed by atoms with Gasteiger partial charge in [0.1, 0.15) is 6.54 Å². The van der Waals surface area contributed by atoms with Crippen LogP contribution < -0.4 is 5.32 Å². The van der Waals surface area contributed by atoms with Gasteiger partial charge in [-0.2, -0.15) is 0 Å².